The smallest absolute Gasteiger partial charge is 0.214 e. The monoisotopic (exact) mass is 273 g/mol. The zero-order valence-corrected chi connectivity index (χ0v) is 10.5. The van der Waals surface area contributed by atoms with Gasteiger partial charge in [0.1, 0.15) is 0 Å². The molecule has 0 saturated heterocycles. The van der Waals surface area contributed by atoms with Gasteiger partial charge in [-0.3, -0.25) is 4.98 Å². The maximum Gasteiger partial charge on any atom is 0.214 e. The van der Waals surface area contributed by atoms with Gasteiger partial charge in [-0.1, -0.05) is 11.6 Å². The fourth-order valence-electron chi connectivity index (χ4n) is 1.87. The van der Waals surface area contributed by atoms with Gasteiger partial charge in [-0.15, -0.1) is 0 Å². The van der Waals surface area contributed by atoms with Crippen molar-refractivity contribution in [3.05, 3.63) is 59.8 Å². The van der Waals surface area contributed by atoms with E-state index in [0.717, 1.165) is 16.6 Å². The minimum absolute atomic E-state index is 0.531. The summed E-state index contributed by atoms with van der Waals surface area (Å²) >= 11 is 6.12. The molecule has 0 radical (unpaired) electrons. The van der Waals surface area contributed by atoms with Crippen LogP contribution in [0.2, 0.25) is 5.02 Å². The fraction of sp³-hybridized carbons (Fsp3) is 0. The van der Waals surface area contributed by atoms with Crippen LogP contribution in [0.4, 0.5) is 15.8 Å². The topological polar surface area (TPSA) is 37.8 Å². The third kappa shape index (κ3) is 2.35. The molecule has 0 aliphatic heterocycles. The third-order valence-corrected chi connectivity index (χ3v) is 3.05. The standard InChI is InChI=1S/C14H9ClFN3/c15-11-3-4-12(14-10(11)2-1-6-18-14)19-9-5-7-17-13(16)8-9/h1-8H,(H,17,19). The maximum atomic E-state index is 13.1. The van der Waals surface area contributed by atoms with E-state index in [1.807, 2.05) is 18.2 Å². The van der Waals surface area contributed by atoms with Crippen LogP contribution in [0, 0.1) is 5.95 Å². The molecule has 0 bridgehead atoms. The number of hydrogen-bond acceptors (Lipinski definition) is 3. The van der Waals surface area contributed by atoms with Crippen molar-refractivity contribution in [1.82, 2.24) is 9.97 Å². The zero-order chi connectivity index (χ0) is 13.2. The molecule has 1 N–H and O–H groups in total. The molecule has 0 amide bonds. The summed E-state index contributed by atoms with van der Waals surface area (Å²) in [6, 6.07) is 10.3. The van der Waals surface area contributed by atoms with Gasteiger partial charge in [-0.05, 0) is 30.3 Å². The van der Waals surface area contributed by atoms with E-state index in [2.05, 4.69) is 15.3 Å². The predicted octanol–water partition coefficient (Wildman–Crippen LogP) is 4.17. The first-order chi connectivity index (χ1) is 9.24. The number of anilines is 2. The second kappa shape index (κ2) is 4.82. The lowest BCUT2D eigenvalue weighted by Crippen LogP contribution is -1.94. The molecule has 3 rings (SSSR count). The molecule has 0 spiro atoms. The lowest BCUT2D eigenvalue weighted by molar-refractivity contribution is 0.584. The van der Waals surface area contributed by atoms with Gasteiger partial charge in [0.2, 0.25) is 5.95 Å². The van der Waals surface area contributed by atoms with Crippen LogP contribution in [0.1, 0.15) is 0 Å². The highest BCUT2D eigenvalue weighted by atomic mass is 35.5. The Morgan fingerprint density at radius 3 is 2.79 bits per heavy atom. The van der Waals surface area contributed by atoms with E-state index in [1.54, 1.807) is 18.3 Å². The summed E-state index contributed by atoms with van der Waals surface area (Å²) in [7, 11) is 0. The van der Waals surface area contributed by atoms with E-state index in [1.165, 1.54) is 12.3 Å². The number of fused-ring (bicyclic) bond motifs is 1. The normalized spacial score (nSPS) is 10.6. The minimum atomic E-state index is -0.531. The molecule has 5 heteroatoms. The predicted molar refractivity (Wildman–Crippen MR) is 74.2 cm³/mol. The zero-order valence-electron chi connectivity index (χ0n) is 9.77. The molecule has 19 heavy (non-hydrogen) atoms. The second-order valence-corrected chi connectivity index (χ2v) is 4.39. The van der Waals surface area contributed by atoms with Crippen LogP contribution < -0.4 is 5.32 Å². The van der Waals surface area contributed by atoms with Crippen molar-refractivity contribution >= 4 is 33.9 Å². The number of pyridine rings is 2. The van der Waals surface area contributed by atoms with Gasteiger partial charge in [0, 0.05) is 29.5 Å². The second-order valence-electron chi connectivity index (χ2n) is 3.99. The van der Waals surface area contributed by atoms with Crippen LogP contribution in [0.5, 0.6) is 0 Å². The summed E-state index contributed by atoms with van der Waals surface area (Å²) < 4.78 is 13.1. The largest absolute Gasteiger partial charge is 0.354 e. The summed E-state index contributed by atoms with van der Waals surface area (Å²) in [6.45, 7) is 0. The molecule has 0 aliphatic carbocycles. The Balaban J connectivity index is 2.09. The lowest BCUT2D eigenvalue weighted by Gasteiger charge is -2.09. The van der Waals surface area contributed by atoms with E-state index < -0.39 is 5.95 Å². The first-order valence-electron chi connectivity index (χ1n) is 5.66. The molecule has 0 unspecified atom stereocenters. The Hall–Kier alpha value is -2.20. The highest BCUT2D eigenvalue weighted by Gasteiger charge is 2.06. The quantitative estimate of drug-likeness (QED) is 0.712. The average molecular weight is 274 g/mol. The van der Waals surface area contributed by atoms with Gasteiger partial charge < -0.3 is 5.32 Å². The van der Waals surface area contributed by atoms with Crippen LogP contribution in [0.15, 0.2) is 48.8 Å². The highest BCUT2D eigenvalue weighted by molar-refractivity contribution is 6.35. The number of benzene rings is 1. The van der Waals surface area contributed by atoms with Crippen molar-refractivity contribution in [1.29, 1.82) is 0 Å². The molecule has 3 nitrogen and oxygen atoms in total. The molecule has 0 aliphatic rings. The van der Waals surface area contributed by atoms with E-state index >= 15 is 0 Å². The summed E-state index contributed by atoms with van der Waals surface area (Å²) in [6.07, 6.45) is 3.10. The van der Waals surface area contributed by atoms with Gasteiger partial charge in [0.05, 0.1) is 16.2 Å². The molecule has 2 heterocycles. The Morgan fingerprint density at radius 2 is 1.95 bits per heavy atom. The molecule has 2 aromatic heterocycles. The van der Waals surface area contributed by atoms with Gasteiger partial charge in [0.15, 0.2) is 0 Å². The van der Waals surface area contributed by atoms with E-state index in [0.29, 0.717) is 10.7 Å². The van der Waals surface area contributed by atoms with Crippen molar-refractivity contribution < 1.29 is 4.39 Å². The molecule has 0 fully saturated rings. The minimum Gasteiger partial charge on any atom is -0.354 e. The van der Waals surface area contributed by atoms with Gasteiger partial charge in [-0.25, -0.2) is 4.98 Å². The van der Waals surface area contributed by atoms with Crippen molar-refractivity contribution in [3.8, 4) is 0 Å². The number of hydrogen-bond donors (Lipinski definition) is 1. The molecule has 0 saturated carbocycles. The van der Waals surface area contributed by atoms with E-state index in [9.17, 15) is 4.39 Å². The fourth-order valence-corrected chi connectivity index (χ4v) is 2.09. The number of aromatic nitrogens is 2. The lowest BCUT2D eigenvalue weighted by atomic mass is 10.2. The number of nitrogens with one attached hydrogen (secondary N) is 1. The Labute approximate surface area is 114 Å². The van der Waals surface area contributed by atoms with Gasteiger partial charge in [-0.2, -0.15) is 4.39 Å². The Morgan fingerprint density at radius 1 is 1.05 bits per heavy atom. The SMILES string of the molecule is Fc1cc(Nc2ccc(Cl)c3cccnc23)ccn1. The van der Waals surface area contributed by atoms with Gasteiger partial charge >= 0.3 is 0 Å². The molecule has 94 valence electrons. The van der Waals surface area contributed by atoms with Crippen LogP contribution in [0.25, 0.3) is 10.9 Å². The summed E-state index contributed by atoms with van der Waals surface area (Å²) in [5.41, 5.74) is 2.12. The Kier molecular flexibility index (Phi) is 3.01. The summed E-state index contributed by atoms with van der Waals surface area (Å²) in [5, 5.41) is 4.60. The van der Waals surface area contributed by atoms with Crippen LogP contribution >= 0.6 is 11.6 Å². The third-order valence-electron chi connectivity index (χ3n) is 2.72. The van der Waals surface area contributed by atoms with Crippen LogP contribution in [-0.4, -0.2) is 9.97 Å². The molecule has 3 aromatic rings. The summed E-state index contributed by atoms with van der Waals surface area (Å²) in [4.78, 5) is 7.82. The number of nitrogens with zero attached hydrogens (tertiary/aromatic N) is 2. The molecule has 0 atom stereocenters. The molecular weight excluding hydrogens is 265 g/mol. The number of rotatable bonds is 2. The first kappa shape index (κ1) is 11.9. The summed E-state index contributed by atoms with van der Waals surface area (Å²) in [5.74, 6) is -0.531. The van der Waals surface area contributed by atoms with Crippen molar-refractivity contribution in [2.75, 3.05) is 5.32 Å². The van der Waals surface area contributed by atoms with Crippen molar-refractivity contribution in [3.63, 3.8) is 0 Å². The van der Waals surface area contributed by atoms with Crippen LogP contribution in [-0.2, 0) is 0 Å². The van der Waals surface area contributed by atoms with E-state index in [4.69, 9.17) is 11.6 Å². The highest BCUT2D eigenvalue weighted by Crippen LogP contribution is 2.29. The molecule has 1 aromatic carbocycles. The van der Waals surface area contributed by atoms with Gasteiger partial charge in [0.25, 0.3) is 0 Å². The van der Waals surface area contributed by atoms with Crippen molar-refractivity contribution in [2.45, 2.75) is 0 Å². The van der Waals surface area contributed by atoms with Crippen molar-refractivity contribution in [2.24, 2.45) is 0 Å². The van der Waals surface area contributed by atoms with E-state index in [-0.39, 0.29) is 0 Å². The molecular formula is C14H9ClFN3. The van der Waals surface area contributed by atoms with Crippen LogP contribution in [0.3, 0.4) is 0 Å². The maximum absolute atomic E-state index is 13.1. The number of halogens is 2. The first-order valence-corrected chi connectivity index (χ1v) is 6.03. The Bertz CT molecular complexity index is 746. The average Bonchev–Trinajstić information content (AvgIpc) is 2.42.